The maximum absolute atomic E-state index is 13.8. The fourth-order valence-corrected chi connectivity index (χ4v) is 5.36. The quantitative estimate of drug-likeness (QED) is 0.160. The summed E-state index contributed by atoms with van der Waals surface area (Å²) in [5.41, 5.74) is 2.66. The molecule has 1 aromatic heterocycles. The highest BCUT2D eigenvalue weighted by Crippen LogP contribution is 2.19. The normalized spacial score (nSPS) is 15.9. The number of carbonyl (C=O) groups is 5. The lowest BCUT2D eigenvalue weighted by atomic mass is 9.89. The van der Waals surface area contributed by atoms with Gasteiger partial charge in [-0.05, 0) is 42.5 Å². The van der Waals surface area contributed by atoms with Gasteiger partial charge in [-0.3, -0.25) is 24.0 Å². The topological polar surface area (TPSA) is 149 Å². The zero-order valence-corrected chi connectivity index (χ0v) is 24.2. The molecule has 5 N–H and O–H groups in total. The van der Waals surface area contributed by atoms with E-state index < -0.39 is 41.5 Å². The average molecular weight is 594 g/mol. The molecule has 0 unspecified atom stereocenters. The van der Waals surface area contributed by atoms with Gasteiger partial charge in [0.05, 0.1) is 6.04 Å². The number of aromatic nitrogens is 1. The number of Topliss-reactive ketones (excluding diaryl/α,β-unsaturated/α-hetero) is 1. The minimum atomic E-state index is -1.27. The highest BCUT2D eigenvalue weighted by molar-refractivity contribution is 6.38. The molecule has 0 radical (unpaired) electrons. The molecule has 3 aromatic carbocycles. The molecule has 4 aromatic rings. The van der Waals surface area contributed by atoms with Gasteiger partial charge in [0, 0.05) is 36.3 Å². The second-order valence-electron chi connectivity index (χ2n) is 10.9. The van der Waals surface area contributed by atoms with Crippen LogP contribution in [0, 0.1) is 5.92 Å². The lowest BCUT2D eigenvalue weighted by Gasteiger charge is -2.27. The molecule has 0 aliphatic carbocycles. The summed E-state index contributed by atoms with van der Waals surface area (Å²) in [5, 5.41) is 11.8. The smallest absolute Gasteiger partial charge is 0.289 e. The minimum absolute atomic E-state index is 0.0385. The molecule has 2 heterocycles. The van der Waals surface area contributed by atoms with Crippen LogP contribution in [0.4, 0.5) is 0 Å². The Morgan fingerprint density at radius 1 is 0.818 bits per heavy atom. The Hall–Kier alpha value is -5.25. The van der Waals surface area contributed by atoms with Crippen molar-refractivity contribution < 1.29 is 24.0 Å². The summed E-state index contributed by atoms with van der Waals surface area (Å²) in [4.78, 5) is 69.2. The van der Waals surface area contributed by atoms with Gasteiger partial charge in [0.2, 0.25) is 17.6 Å². The lowest BCUT2D eigenvalue weighted by Crippen LogP contribution is -2.55. The third kappa shape index (κ3) is 7.77. The predicted molar refractivity (Wildman–Crippen MR) is 165 cm³/mol. The number of rotatable bonds is 12. The van der Waals surface area contributed by atoms with Crippen molar-refractivity contribution in [1.82, 2.24) is 26.3 Å². The van der Waals surface area contributed by atoms with Gasteiger partial charge in [-0.1, -0.05) is 78.9 Å². The van der Waals surface area contributed by atoms with Crippen LogP contribution in [0.2, 0.25) is 0 Å². The summed E-state index contributed by atoms with van der Waals surface area (Å²) >= 11 is 0. The summed E-state index contributed by atoms with van der Waals surface area (Å²) in [5.74, 6) is -3.62. The Balaban J connectivity index is 1.35. The second-order valence-corrected chi connectivity index (χ2v) is 10.9. The summed E-state index contributed by atoms with van der Waals surface area (Å²) < 4.78 is 0. The molecular weight excluding hydrogens is 558 g/mol. The van der Waals surface area contributed by atoms with Crippen molar-refractivity contribution in [2.75, 3.05) is 6.54 Å². The molecule has 1 aliphatic heterocycles. The first-order valence-electron chi connectivity index (χ1n) is 14.7. The summed E-state index contributed by atoms with van der Waals surface area (Å²) in [6.45, 7) is 0.671. The Kier molecular flexibility index (Phi) is 9.81. The van der Waals surface area contributed by atoms with Gasteiger partial charge in [0.1, 0.15) is 11.7 Å². The average Bonchev–Trinajstić information content (AvgIpc) is 3.49. The lowest BCUT2D eigenvalue weighted by molar-refractivity contribution is -0.141. The number of aromatic amines is 1. The number of H-pyrrole nitrogens is 1. The van der Waals surface area contributed by atoms with Gasteiger partial charge in [-0.25, -0.2) is 0 Å². The van der Waals surface area contributed by atoms with Crippen molar-refractivity contribution in [3.63, 3.8) is 0 Å². The number of nitrogens with one attached hydrogen (secondary N) is 5. The fourth-order valence-electron chi connectivity index (χ4n) is 5.36. The molecule has 44 heavy (non-hydrogen) atoms. The zero-order chi connectivity index (χ0) is 30.9. The summed E-state index contributed by atoms with van der Waals surface area (Å²) in [6.07, 6.45) is 1.36. The largest absolute Gasteiger partial charge is 0.356 e. The van der Waals surface area contributed by atoms with E-state index in [0.717, 1.165) is 28.5 Å². The predicted octanol–water partition coefficient (Wildman–Crippen LogP) is 2.80. The maximum Gasteiger partial charge on any atom is 0.289 e. The molecule has 10 heteroatoms. The first-order valence-corrected chi connectivity index (χ1v) is 14.7. The molecule has 0 spiro atoms. The SMILES string of the molecule is O=C(NCc1ccccc1)C(=O)[C@H](C[C@@H]1CCCNC1=O)NC(=O)[C@H](Cc1ccccc1)NC(=O)c1cc2ccccc2[nH]1. The summed E-state index contributed by atoms with van der Waals surface area (Å²) in [6, 6.07) is 25.1. The molecular formula is C34H35N5O5. The van der Waals surface area contributed by atoms with Crippen molar-refractivity contribution in [2.45, 2.75) is 44.3 Å². The van der Waals surface area contributed by atoms with Crippen molar-refractivity contribution >= 4 is 40.3 Å². The van der Waals surface area contributed by atoms with Gasteiger partial charge in [0.15, 0.2) is 0 Å². The number of benzene rings is 3. The number of fused-ring (bicyclic) bond motifs is 1. The van der Waals surface area contributed by atoms with E-state index in [0.29, 0.717) is 13.0 Å². The van der Waals surface area contributed by atoms with E-state index in [1.165, 1.54) is 0 Å². The molecule has 1 aliphatic rings. The Morgan fingerprint density at radius 2 is 1.50 bits per heavy atom. The van der Waals surface area contributed by atoms with E-state index in [9.17, 15) is 24.0 Å². The van der Waals surface area contributed by atoms with E-state index in [4.69, 9.17) is 0 Å². The monoisotopic (exact) mass is 593 g/mol. The molecule has 5 rings (SSSR count). The van der Waals surface area contributed by atoms with Crippen molar-refractivity contribution in [3.8, 4) is 0 Å². The third-order valence-electron chi connectivity index (χ3n) is 7.75. The maximum atomic E-state index is 13.8. The highest BCUT2D eigenvalue weighted by Gasteiger charge is 2.35. The zero-order valence-electron chi connectivity index (χ0n) is 24.2. The van der Waals surface area contributed by atoms with E-state index >= 15 is 0 Å². The number of amides is 4. The standard InChI is InChI=1S/C34H35N5O5/c40-30(34(44)36-21-23-12-5-2-6-13-23)27(20-25-15-9-17-35-31(25)41)38-32(42)28(18-22-10-3-1-4-11-22)39-33(43)29-19-24-14-7-8-16-26(24)37-29/h1-8,10-14,16,19,25,27-28,37H,9,15,17-18,20-21H2,(H,35,41)(H,36,44)(H,38,42)(H,39,43)/t25-,27-,28-/m0/s1. The van der Waals surface area contributed by atoms with Crippen LogP contribution in [0.3, 0.4) is 0 Å². The molecule has 3 atom stereocenters. The van der Waals surface area contributed by atoms with Crippen LogP contribution in [0.5, 0.6) is 0 Å². The van der Waals surface area contributed by atoms with Crippen LogP contribution in [0.25, 0.3) is 10.9 Å². The van der Waals surface area contributed by atoms with Crippen molar-refractivity contribution in [2.24, 2.45) is 5.92 Å². The molecule has 1 saturated heterocycles. The Morgan fingerprint density at radius 3 is 2.20 bits per heavy atom. The molecule has 1 fully saturated rings. The second kappa shape index (κ2) is 14.3. The first kappa shape index (κ1) is 30.2. The molecule has 10 nitrogen and oxygen atoms in total. The van der Waals surface area contributed by atoms with E-state index in [1.54, 1.807) is 6.07 Å². The Bertz CT molecular complexity index is 1600. The highest BCUT2D eigenvalue weighted by atomic mass is 16.2. The number of hydrogen-bond acceptors (Lipinski definition) is 5. The molecule has 4 amide bonds. The summed E-state index contributed by atoms with van der Waals surface area (Å²) in [7, 11) is 0. The fraction of sp³-hybridized carbons (Fsp3) is 0.265. The van der Waals surface area contributed by atoms with Crippen molar-refractivity contribution in [3.05, 3.63) is 108 Å². The van der Waals surface area contributed by atoms with Gasteiger partial charge in [0.25, 0.3) is 11.8 Å². The van der Waals surface area contributed by atoms with Crippen LogP contribution >= 0.6 is 0 Å². The minimum Gasteiger partial charge on any atom is -0.356 e. The van der Waals surface area contributed by atoms with E-state index in [2.05, 4.69) is 26.3 Å². The molecule has 0 bridgehead atoms. The third-order valence-corrected chi connectivity index (χ3v) is 7.75. The van der Waals surface area contributed by atoms with Gasteiger partial charge in [-0.15, -0.1) is 0 Å². The van der Waals surface area contributed by atoms with Crippen molar-refractivity contribution in [1.29, 1.82) is 0 Å². The number of piperidine rings is 1. The van der Waals surface area contributed by atoms with E-state index in [-0.39, 0.29) is 31.0 Å². The molecule has 0 saturated carbocycles. The van der Waals surface area contributed by atoms with Gasteiger partial charge >= 0.3 is 0 Å². The van der Waals surface area contributed by atoms with Crippen LogP contribution in [-0.2, 0) is 32.1 Å². The van der Waals surface area contributed by atoms with E-state index in [1.807, 2.05) is 84.9 Å². The van der Waals surface area contributed by atoms with Crippen LogP contribution in [0.15, 0.2) is 91.0 Å². The number of ketones is 1. The van der Waals surface area contributed by atoms with Gasteiger partial charge < -0.3 is 26.3 Å². The van der Waals surface area contributed by atoms with Gasteiger partial charge in [-0.2, -0.15) is 0 Å². The van der Waals surface area contributed by atoms with Crippen LogP contribution < -0.4 is 21.3 Å². The first-order chi connectivity index (χ1) is 21.4. The van der Waals surface area contributed by atoms with Crippen LogP contribution in [0.1, 0.15) is 40.9 Å². The molecule has 226 valence electrons. The number of carbonyl (C=O) groups excluding carboxylic acids is 5. The number of para-hydroxylation sites is 1. The number of hydrogen-bond donors (Lipinski definition) is 5. The Labute approximate surface area is 255 Å². The van der Waals surface area contributed by atoms with Crippen LogP contribution in [-0.4, -0.2) is 53.0 Å².